The van der Waals surface area contributed by atoms with Gasteiger partial charge in [-0.15, -0.1) is 0 Å². The third-order valence-electron chi connectivity index (χ3n) is 2.99. The number of nitrogens with zero attached hydrogens (tertiary/aromatic N) is 1. The smallest absolute Gasteiger partial charge is 0.0220 e. The Labute approximate surface area is 88.8 Å². The highest BCUT2D eigenvalue weighted by Crippen LogP contribution is 2.31. The van der Waals surface area contributed by atoms with Gasteiger partial charge in [-0.1, -0.05) is 20.8 Å². The summed E-state index contributed by atoms with van der Waals surface area (Å²) < 4.78 is 0. The van der Waals surface area contributed by atoms with Gasteiger partial charge >= 0.3 is 0 Å². The molecule has 1 aliphatic carbocycles. The minimum atomic E-state index is 0.391. The molecule has 0 aromatic rings. The summed E-state index contributed by atoms with van der Waals surface area (Å²) in [6.45, 7) is 8.92. The summed E-state index contributed by atoms with van der Waals surface area (Å²) in [4.78, 5) is 2.46. The van der Waals surface area contributed by atoms with Crippen molar-refractivity contribution in [2.24, 2.45) is 17.1 Å². The van der Waals surface area contributed by atoms with Crippen molar-refractivity contribution in [3.8, 4) is 0 Å². The zero-order chi connectivity index (χ0) is 10.8. The molecule has 0 saturated heterocycles. The summed E-state index contributed by atoms with van der Waals surface area (Å²) in [5.74, 6) is 0.967. The van der Waals surface area contributed by atoms with Gasteiger partial charge in [0.15, 0.2) is 0 Å². The molecule has 2 heteroatoms. The highest BCUT2D eigenvalue weighted by atomic mass is 15.1. The fourth-order valence-corrected chi connectivity index (χ4v) is 1.98. The molecular formula is C12H26N2. The van der Waals surface area contributed by atoms with Crippen molar-refractivity contribution >= 4 is 0 Å². The third-order valence-corrected chi connectivity index (χ3v) is 2.99. The minimum Gasteiger partial charge on any atom is -0.329 e. The Balaban J connectivity index is 2.34. The molecule has 2 N–H and O–H groups in total. The molecule has 0 spiro atoms. The molecule has 0 amide bonds. The largest absolute Gasteiger partial charge is 0.329 e. The minimum absolute atomic E-state index is 0.391. The quantitative estimate of drug-likeness (QED) is 0.733. The molecule has 84 valence electrons. The van der Waals surface area contributed by atoms with Gasteiger partial charge in [0.2, 0.25) is 0 Å². The molecule has 1 rings (SSSR count). The van der Waals surface area contributed by atoms with Gasteiger partial charge in [-0.25, -0.2) is 0 Å². The van der Waals surface area contributed by atoms with E-state index in [1.807, 2.05) is 0 Å². The second-order valence-electron chi connectivity index (χ2n) is 6.04. The van der Waals surface area contributed by atoms with Crippen LogP contribution in [0.1, 0.15) is 40.0 Å². The summed E-state index contributed by atoms with van der Waals surface area (Å²) in [5.41, 5.74) is 6.23. The molecule has 0 heterocycles. The van der Waals surface area contributed by atoms with Crippen LogP contribution < -0.4 is 5.73 Å². The molecule has 1 aliphatic rings. The second-order valence-corrected chi connectivity index (χ2v) is 6.04. The summed E-state index contributed by atoms with van der Waals surface area (Å²) >= 11 is 0. The van der Waals surface area contributed by atoms with Crippen LogP contribution >= 0.6 is 0 Å². The molecule has 0 aromatic carbocycles. The Hall–Kier alpha value is -0.0800. The van der Waals surface area contributed by atoms with Crippen molar-refractivity contribution in [1.29, 1.82) is 0 Å². The molecule has 0 radical (unpaired) electrons. The van der Waals surface area contributed by atoms with Crippen molar-refractivity contribution in [3.63, 3.8) is 0 Å². The predicted octanol–water partition coefficient (Wildman–Crippen LogP) is 2.09. The highest BCUT2D eigenvalue weighted by molar-refractivity contribution is 4.82. The summed E-state index contributed by atoms with van der Waals surface area (Å²) in [6.07, 6.45) is 4.06. The standard InChI is InChI=1S/C12H26N2/c1-12(2,3)7-11(8-13)14(4)9-10-5-6-10/h10-11H,5-9,13H2,1-4H3. The van der Waals surface area contributed by atoms with Crippen molar-refractivity contribution in [2.45, 2.75) is 46.1 Å². The topological polar surface area (TPSA) is 29.3 Å². The lowest BCUT2D eigenvalue weighted by molar-refractivity contribution is 0.178. The van der Waals surface area contributed by atoms with Gasteiger partial charge in [-0.05, 0) is 37.6 Å². The van der Waals surface area contributed by atoms with Crippen LogP contribution in [0, 0.1) is 11.3 Å². The highest BCUT2D eigenvalue weighted by Gasteiger charge is 2.27. The molecule has 1 fully saturated rings. The fraction of sp³-hybridized carbons (Fsp3) is 1.00. The molecule has 2 nitrogen and oxygen atoms in total. The van der Waals surface area contributed by atoms with Crippen LogP contribution in [0.15, 0.2) is 0 Å². The van der Waals surface area contributed by atoms with Crippen LogP contribution in [0.4, 0.5) is 0 Å². The van der Waals surface area contributed by atoms with Gasteiger partial charge in [0.25, 0.3) is 0 Å². The van der Waals surface area contributed by atoms with E-state index in [0.717, 1.165) is 12.5 Å². The van der Waals surface area contributed by atoms with Gasteiger partial charge < -0.3 is 10.6 Å². The maximum Gasteiger partial charge on any atom is 0.0220 e. The summed E-state index contributed by atoms with van der Waals surface area (Å²) in [6, 6.07) is 0.565. The first kappa shape index (κ1) is 12.0. The van der Waals surface area contributed by atoms with E-state index in [2.05, 4.69) is 32.7 Å². The normalized spacial score (nSPS) is 20.1. The van der Waals surface area contributed by atoms with Crippen molar-refractivity contribution in [1.82, 2.24) is 4.90 Å². The number of rotatable bonds is 5. The van der Waals surface area contributed by atoms with Gasteiger partial charge in [-0.2, -0.15) is 0 Å². The summed E-state index contributed by atoms with van der Waals surface area (Å²) in [7, 11) is 2.22. The first-order valence-electron chi connectivity index (χ1n) is 5.82. The molecule has 14 heavy (non-hydrogen) atoms. The van der Waals surface area contributed by atoms with E-state index in [4.69, 9.17) is 5.73 Å². The molecule has 1 atom stereocenters. The zero-order valence-corrected chi connectivity index (χ0v) is 10.2. The van der Waals surface area contributed by atoms with Crippen LogP contribution in [-0.4, -0.2) is 31.1 Å². The zero-order valence-electron chi connectivity index (χ0n) is 10.2. The van der Waals surface area contributed by atoms with Gasteiger partial charge in [0.05, 0.1) is 0 Å². The molecular weight excluding hydrogens is 172 g/mol. The Bertz CT molecular complexity index is 168. The second kappa shape index (κ2) is 4.63. The SMILES string of the molecule is CN(CC1CC1)C(CN)CC(C)(C)C. The number of hydrogen-bond donors (Lipinski definition) is 1. The Morgan fingerprint density at radius 3 is 2.29 bits per heavy atom. The van der Waals surface area contributed by atoms with Crippen molar-refractivity contribution in [2.75, 3.05) is 20.1 Å². The maximum atomic E-state index is 5.84. The molecule has 0 bridgehead atoms. The van der Waals surface area contributed by atoms with E-state index in [1.165, 1.54) is 25.8 Å². The lowest BCUT2D eigenvalue weighted by Gasteiger charge is -2.32. The predicted molar refractivity (Wildman–Crippen MR) is 62.3 cm³/mol. The van der Waals surface area contributed by atoms with Crippen LogP contribution in [0.5, 0.6) is 0 Å². The van der Waals surface area contributed by atoms with E-state index in [-0.39, 0.29) is 0 Å². The Kier molecular flexibility index (Phi) is 3.96. The van der Waals surface area contributed by atoms with Gasteiger partial charge in [0, 0.05) is 19.1 Å². The molecule has 1 saturated carbocycles. The monoisotopic (exact) mass is 198 g/mol. The fourth-order valence-electron chi connectivity index (χ4n) is 1.98. The van der Waals surface area contributed by atoms with Crippen LogP contribution in [0.3, 0.4) is 0 Å². The van der Waals surface area contributed by atoms with Gasteiger partial charge in [0.1, 0.15) is 0 Å². The van der Waals surface area contributed by atoms with E-state index in [9.17, 15) is 0 Å². The Morgan fingerprint density at radius 1 is 1.36 bits per heavy atom. The van der Waals surface area contributed by atoms with Crippen LogP contribution in [0.25, 0.3) is 0 Å². The van der Waals surface area contributed by atoms with Crippen LogP contribution in [0.2, 0.25) is 0 Å². The average Bonchev–Trinajstić information content (AvgIpc) is 2.82. The first-order valence-corrected chi connectivity index (χ1v) is 5.82. The number of hydrogen-bond acceptors (Lipinski definition) is 2. The lowest BCUT2D eigenvalue weighted by atomic mass is 9.87. The Morgan fingerprint density at radius 2 is 1.93 bits per heavy atom. The van der Waals surface area contributed by atoms with E-state index >= 15 is 0 Å². The van der Waals surface area contributed by atoms with E-state index in [1.54, 1.807) is 0 Å². The molecule has 0 aromatic heterocycles. The summed E-state index contributed by atoms with van der Waals surface area (Å²) in [5, 5.41) is 0. The molecule has 0 aliphatic heterocycles. The maximum absolute atomic E-state index is 5.84. The van der Waals surface area contributed by atoms with E-state index in [0.29, 0.717) is 11.5 Å². The van der Waals surface area contributed by atoms with Crippen molar-refractivity contribution < 1.29 is 0 Å². The van der Waals surface area contributed by atoms with Crippen molar-refractivity contribution in [3.05, 3.63) is 0 Å². The number of likely N-dealkylation sites (N-methyl/N-ethyl adjacent to an activating group) is 1. The van der Waals surface area contributed by atoms with Gasteiger partial charge in [-0.3, -0.25) is 0 Å². The van der Waals surface area contributed by atoms with Crippen LogP contribution in [-0.2, 0) is 0 Å². The first-order chi connectivity index (χ1) is 6.42. The third kappa shape index (κ3) is 4.43. The van der Waals surface area contributed by atoms with E-state index < -0.39 is 0 Å². The average molecular weight is 198 g/mol. The lowest BCUT2D eigenvalue weighted by Crippen LogP contribution is -2.41. The molecule has 1 unspecified atom stereocenters. The number of nitrogens with two attached hydrogens (primary N) is 1.